The van der Waals surface area contributed by atoms with E-state index in [4.69, 9.17) is 0 Å². The van der Waals surface area contributed by atoms with Crippen molar-refractivity contribution in [1.82, 2.24) is 9.78 Å². The van der Waals surface area contributed by atoms with Crippen molar-refractivity contribution >= 4 is 26.8 Å². The number of aromatic nitrogens is 2. The van der Waals surface area contributed by atoms with Crippen molar-refractivity contribution in [1.29, 1.82) is 0 Å². The molecule has 0 saturated heterocycles. The molecule has 3 heteroatoms. The molecular weight excluding hydrogens is 276 g/mol. The molecule has 0 fully saturated rings. The van der Waals surface area contributed by atoms with Crippen molar-refractivity contribution in [3.8, 4) is 5.69 Å². The zero-order chi connectivity index (χ0) is 11.7. The Bertz CT molecular complexity index is 641. The van der Waals surface area contributed by atoms with Crippen LogP contribution in [0.3, 0.4) is 0 Å². The van der Waals surface area contributed by atoms with Gasteiger partial charge in [-0.3, -0.25) is 0 Å². The van der Waals surface area contributed by atoms with Crippen molar-refractivity contribution in [2.24, 2.45) is 0 Å². The molecule has 0 atom stereocenters. The van der Waals surface area contributed by atoms with Crippen LogP contribution in [0.2, 0.25) is 0 Å². The lowest BCUT2D eigenvalue weighted by atomic mass is 10.2. The molecule has 2 aromatic carbocycles. The lowest BCUT2D eigenvalue weighted by Gasteiger charge is -2.04. The molecule has 3 rings (SSSR count). The minimum absolute atomic E-state index is 0.882. The number of benzene rings is 2. The van der Waals surface area contributed by atoms with E-state index in [-0.39, 0.29) is 0 Å². The summed E-state index contributed by atoms with van der Waals surface area (Å²) in [7, 11) is 0. The molecule has 0 amide bonds. The van der Waals surface area contributed by atoms with Gasteiger partial charge < -0.3 is 0 Å². The Labute approximate surface area is 108 Å². The predicted octanol–water partition coefficient (Wildman–Crippen LogP) is 3.92. The van der Waals surface area contributed by atoms with Crippen LogP contribution in [-0.2, 0) is 5.33 Å². The highest BCUT2D eigenvalue weighted by Crippen LogP contribution is 2.18. The van der Waals surface area contributed by atoms with Crippen LogP contribution in [0.25, 0.3) is 16.6 Å². The van der Waals surface area contributed by atoms with Crippen LogP contribution < -0.4 is 0 Å². The highest BCUT2D eigenvalue weighted by atomic mass is 79.9. The van der Waals surface area contributed by atoms with Crippen molar-refractivity contribution in [2.45, 2.75) is 5.33 Å². The number of alkyl halides is 1. The largest absolute Gasteiger partial charge is 0.233 e. The molecule has 2 nitrogen and oxygen atoms in total. The van der Waals surface area contributed by atoms with Crippen molar-refractivity contribution in [2.75, 3.05) is 0 Å². The van der Waals surface area contributed by atoms with Gasteiger partial charge in [-0.25, -0.2) is 4.68 Å². The van der Waals surface area contributed by atoms with Crippen molar-refractivity contribution < 1.29 is 0 Å². The zero-order valence-electron chi connectivity index (χ0n) is 9.18. The SMILES string of the molecule is BrCc1ccc(-n2ncc3ccccc32)cc1. The van der Waals surface area contributed by atoms with E-state index < -0.39 is 0 Å². The van der Waals surface area contributed by atoms with E-state index in [1.807, 2.05) is 23.0 Å². The summed E-state index contributed by atoms with van der Waals surface area (Å²) in [6.45, 7) is 0. The first-order valence-corrected chi connectivity index (χ1v) is 6.59. The molecule has 0 saturated carbocycles. The number of fused-ring (bicyclic) bond motifs is 1. The van der Waals surface area contributed by atoms with E-state index in [9.17, 15) is 0 Å². The molecule has 0 unspecified atom stereocenters. The molecule has 17 heavy (non-hydrogen) atoms. The van der Waals surface area contributed by atoms with Crippen LogP contribution >= 0.6 is 15.9 Å². The van der Waals surface area contributed by atoms with Crippen molar-refractivity contribution in [3.63, 3.8) is 0 Å². The Morgan fingerprint density at radius 1 is 1.00 bits per heavy atom. The highest BCUT2D eigenvalue weighted by molar-refractivity contribution is 9.08. The lowest BCUT2D eigenvalue weighted by Crippen LogP contribution is -1.95. The monoisotopic (exact) mass is 286 g/mol. The first-order valence-electron chi connectivity index (χ1n) is 5.46. The third-order valence-corrected chi connectivity index (χ3v) is 3.46. The van der Waals surface area contributed by atoms with E-state index in [2.05, 4.69) is 57.4 Å². The summed E-state index contributed by atoms with van der Waals surface area (Å²) in [5, 5.41) is 6.47. The summed E-state index contributed by atoms with van der Waals surface area (Å²) < 4.78 is 1.97. The lowest BCUT2D eigenvalue weighted by molar-refractivity contribution is 0.910. The standard InChI is InChI=1S/C14H11BrN2/c15-9-11-5-7-13(8-6-11)17-14-4-2-1-3-12(14)10-16-17/h1-8,10H,9H2. The first-order chi connectivity index (χ1) is 8.38. The van der Waals surface area contributed by atoms with Crippen LogP contribution in [0.1, 0.15) is 5.56 Å². The second-order valence-electron chi connectivity index (χ2n) is 3.92. The minimum Gasteiger partial charge on any atom is -0.233 e. The zero-order valence-corrected chi connectivity index (χ0v) is 10.8. The molecule has 1 aromatic heterocycles. The first kappa shape index (κ1) is 10.5. The van der Waals surface area contributed by atoms with Crippen LogP contribution in [0.15, 0.2) is 54.7 Å². The quantitative estimate of drug-likeness (QED) is 0.653. The molecule has 84 valence electrons. The van der Waals surface area contributed by atoms with Crippen LogP contribution in [0.4, 0.5) is 0 Å². The van der Waals surface area contributed by atoms with E-state index in [1.165, 1.54) is 5.56 Å². The second-order valence-corrected chi connectivity index (χ2v) is 4.48. The van der Waals surface area contributed by atoms with Crippen LogP contribution in [-0.4, -0.2) is 9.78 Å². The fraction of sp³-hybridized carbons (Fsp3) is 0.0714. The van der Waals surface area contributed by atoms with Gasteiger partial charge in [-0.1, -0.05) is 46.3 Å². The van der Waals surface area contributed by atoms with E-state index in [1.54, 1.807) is 0 Å². The summed E-state index contributed by atoms with van der Waals surface area (Å²) in [6, 6.07) is 16.6. The normalized spacial score (nSPS) is 10.9. The molecule has 0 aliphatic carbocycles. The molecule has 0 bridgehead atoms. The Kier molecular flexibility index (Phi) is 2.69. The number of hydrogen-bond acceptors (Lipinski definition) is 1. The minimum atomic E-state index is 0.882. The van der Waals surface area contributed by atoms with Gasteiger partial charge in [0, 0.05) is 10.7 Å². The van der Waals surface area contributed by atoms with Gasteiger partial charge >= 0.3 is 0 Å². The summed E-state index contributed by atoms with van der Waals surface area (Å²) in [6.07, 6.45) is 1.90. The average Bonchev–Trinajstić information content (AvgIpc) is 2.83. The molecule has 0 aliphatic heterocycles. The summed E-state index contributed by atoms with van der Waals surface area (Å²) in [5.74, 6) is 0. The third-order valence-electron chi connectivity index (χ3n) is 2.81. The van der Waals surface area contributed by atoms with Gasteiger partial charge in [-0.05, 0) is 23.8 Å². The average molecular weight is 287 g/mol. The maximum atomic E-state index is 4.43. The fourth-order valence-corrected chi connectivity index (χ4v) is 2.28. The van der Waals surface area contributed by atoms with Gasteiger partial charge in [0.05, 0.1) is 17.4 Å². The van der Waals surface area contributed by atoms with Gasteiger partial charge in [0.25, 0.3) is 0 Å². The van der Waals surface area contributed by atoms with E-state index >= 15 is 0 Å². The maximum absolute atomic E-state index is 4.43. The van der Waals surface area contributed by atoms with Gasteiger partial charge in [0.15, 0.2) is 0 Å². The second kappa shape index (κ2) is 4.34. The van der Waals surface area contributed by atoms with Gasteiger partial charge in [-0.2, -0.15) is 5.10 Å². The van der Waals surface area contributed by atoms with Gasteiger partial charge in [0.1, 0.15) is 0 Å². The third kappa shape index (κ3) is 1.87. The van der Waals surface area contributed by atoms with E-state index in [0.717, 1.165) is 21.9 Å². The van der Waals surface area contributed by atoms with Gasteiger partial charge in [-0.15, -0.1) is 0 Å². The number of halogens is 1. The molecule has 0 N–H and O–H groups in total. The molecular formula is C14H11BrN2. The summed E-state index contributed by atoms with van der Waals surface area (Å²) >= 11 is 3.45. The number of para-hydroxylation sites is 1. The maximum Gasteiger partial charge on any atom is 0.0741 e. The van der Waals surface area contributed by atoms with Crippen LogP contribution in [0, 0.1) is 0 Å². The fourth-order valence-electron chi connectivity index (χ4n) is 1.90. The van der Waals surface area contributed by atoms with Crippen LogP contribution in [0.5, 0.6) is 0 Å². The Balaban J connectivity index is 2.13. The van der Waals surface area contributed by atoms with Gasteiger partial charge in [0.2, 0.25) is 0 Å². The smallest absolute Gasteiger partial charge is 0.0741 e. The molecule has 3 aromatic rings. The Hall–Kier alpha value is -1.61. The molecule has 0 aliphatic rings. The number of nitrogens with zero attached hydrogens (tertiary/aromatic N) is 2. The van der Waals surface area contributed by atoms with Crippen molar-refractivity contribution in [3.05, 3.63) is 60.3 Å². The molecule has 0 radical (unpaired) electrons. The molecule has 1 heterocycles. The highest BCUT2D eigenvalue weighted by Gasteiger charge is 2.03. The predicted molar refractivity (Wildman–Crippen MR) is 73.7 cm³/mol. The number of hydrogen-bond donors (Lipinski definition) is 0. The number of rotatable bonds is 2. The summed E-state index contributed by atoms with van der Waals surface area (Å²) in [4.78, 5) is 0. The van der Waals surface area contributed by atoms with E-state index in [0.29, 0.717) is 0 Å². The summed E-state index contributed by atoms with van der Waals surface area (Å²) in [5.41, 5.74) is 3.50. The Morgan fingerprint density at radius 2 is 1.76 bits per heavy atom. The molecule has 0 spiro atoms. The topological polar surface area (TPSA) is 17.8 Å². The Morgan fingerprint density at radius 3 is 2.53 bits per heavy atom.